The number of likely N-dealkylation sites (N-methyl/N-ethyl adjacent to an activating group) is 1. The Morgan fingerprint density at radius 1 is 0.600 bits per heavy atom. The molecule has 0 saturated heterocycles. The molecular formula is C34H61N2O3Ti-. The van der Waals surface area contributed by atoms with Gasteiger partial charge in [0, 0.05) is 62.1 Å². The zero-order valence-electron chi connectivity index (χ0n) is 28.2. The molecule has 40 heavy (non-hydrogen) atoms. The first-order chi connectivity index (χ1) is 17.8. The average Bonchev–Trinajstić information content (AvgIpc) is 2.86. The number of phenolic OH excluding ortho intramolecular Hbond substituents is 1. The molecule has 6 heteroatoms. The molecule has 0 heterocycles. The molecule has 0 atom stereocenters. The van der Waals surface area contributed by atoms with Crippen LogP contribution in [0.25, 0.3) is 0 Å². The zero-order chi connectivity index (χ0) is 29.7. The van der Waals surface area contributed by atoms with E-state index in [1.807, 2.05) is 0 Å². The van der Waals surface area contributed by atoms with E-state index < -0.39 is 0 Å². The summed E-state index contributed by atoms with van der Waals surface area (Å²) in [7, 11) is 6.29. The number of nitrogens with zero attached hydrogens (tertiary/aromatic N) is 2. The number of rotatable bonds is 11. The fourth-order valence-electron chi connectivity index (χ4n) is 4.90. The summed E-state index contributed by atoms with van der Waals surface area (Å²) in [4.78, 5) is 4.83. The predicted molar refractivity (Wildman–Crippen MR) is 171 cm³/mol. The molecule has 3 N–H and O–H groups in total. The minimum absolute atomic E-state index is 0. The molecule has 2 aromatic rings. The van der Waals surface area contributed by atoms with E-state index in [9.17, 15) is 5.11 Å². The summed E-state index contributed by atoms with van der Waals surface area (Å²) < 4.78 is 0. The second-order valence-electron chi connectivity index (χ2n) is 11.7. The molecule has 5 nitrogen and oxygen atoms in total. The van der Waals surface area contributed by atoms with Crippen molar-refractivity contribution in [2.24, 2.45) is 0 Å². The Hall–Kier alpha value is -1.21. The third-order valence-electron chi connectivity index (χ3n) is 6.94. The largest absolute Gasteiger partial charge is 0.507 e. The molecule has 0 bridgehead atoms. The van der Waals surface area contributed by atoms with Crippen LogP contribution in [0.15, 0.2) is 24.3 Å². The van der Waals surface area contributed by atoms with Crippen molar-refractivity contribution in [3.05, 3.63) is 70.6 Å². The molecule has 0 aliphatic heterocycles. The molecule has 0 aromatic heterocycles. The van der Waals surface area contributed by atoms with Gasteiger partial charge in [0.25, 0.3) is 0 Å². The van der Waals surface area contributed by atoms with E-state index in [2.05, 4.69) is 110 Å². The van der Waals surface area contributed by atoms with Crippen LogP contribution in [0.5, 0.6) is 5.75 Å². The zero-order valence-corrected chi connectivity index (χ0v) is 29.7. The van der Waals surface area contributed by atoms with Crippen LogP contribution in [0, 0.1) is 14.4 Å². The fourth-order valence-corrected chi connectivity index (χ4v) is 4.90. The van der Waals surface area contributed by atoms with E-state index in [-0.39, 0.29) is 29.1 Å². The Balaban J connectivity index is -0.00000218. The topological polar surface area (TPSA) is 67.2 Å². The molecule has 2 aromatic carbocycles. The van der Waals surface area contributed by atoms with Gasteiger partial charge >= 0.3 is 0 Å². The first-order valence-corrected chi connectivity index (χ1v) is 14.1. The van der Waals surface area contributed by atoms with Crippen molar-refractivity contribution in [2.75, 3.05) is 41.4 Å². The van der Waals surface area contributed by atoms with Crippen molar-refractivity contribution in [1.82, 2.24) is 9.80 Å². The van der Waals surface area contributed by atoms with Gasteiger partial charge in [-0.3, -0.25) is 4.90 Å². The molecule has 0 fully saturated rings. The predicted octanol–water partition coefficient (Wildman–Crippen LogP) is 7.42. The van der Waals surface area contributed by atoms with Crippen LogP contribution in [0.2, 0.25) is 0 Å². The van der Waals surface area contributed by atoms with E-state index >= 15 is 0 Å². The van der Waals surface area contributed by atoms with Crippen LogP contribution in [0.4, 0.5) is 0 Å². The van der Waals surface area contributed by atoms with Gasteiger partial charge in [-0.05, 0) is 83.6 Å². The molecular weight excluding hydrogens is 532 g/mol. The molecule has 0 amide bonds. The first kappa shape index (κ1) is 43.3. The number of phenols is 1. The van der Waals surface area contributed by atoms with Crippen molar-refractivity contribution >= 4 is 0 Å². The summed E-state index contributed by atoms with van der Waals surface area (Å²) >= 11 is 0. The number of hydrogen-bond acceptors (Lipinski definition) is 5. The third kappa shape index (κ3) is 13.2. The summed E-state index contributed by atoms with van der Waals surface area (Å²) in [6.07, 6.45) is 0. The van der Waals surface area contributed by atoms with Gasteiger partial charge in [-0.15, -0.1) is 0 Å². The molecule has 0 saturated carbocycles. The van der Waals surface area contributed by atoms with Gasteiger partial charge in [0.15, 0.2) is 0 Å². The van der Waals surface area contributed by atoms with Gasteiger partial charge in [0.1, 0.15) is 5.75 Å². The van der Waals surface area contributed by atoms with E-state index in [1.165, 1.54) is 27.8 Å². The van der Waals surface area contributed by atoms with Crippen LogP contribution in [-0.2, 0) is 34.8 Å². The van der Waals surface area contributed by atoms with Gasteiger partial charge in [-0.2, -0.15) is 0 Å². The van der Waals surface area contributed by atoms with Crippen LogP contribution in [0.3, 0.4) is 0 Å². The Morgan fingerprint density at radius 3 is 1.18 bits per heavy atom. The number of hydrogen-bond donors (Lipinski definition) is 3. The van der Waals surface area contributed by atoms with Crippen LogP contribution >= 0.6 is 0 Å². The second-order valence-corrected chi connectivity index (χ2v) is 11.7. The molecule has 0 aliphatic carbocycles. The first-order valence-electron chi connectivity index (χ1n) is 14.1. The van der Waals surface area contributed by atoms with E-state index in [4.69, 9.17) is 10.2 Å². The van der Waals surface area contributed by atoms with Crippen LogP contribution in [0.1, 0.15) is 118 Å². The summed E-state index contributed by atoms with van der Waals surface area (Å²) in [6.45, 7) is 24.0. The maximum absolute atomic E-state index is 10.9. The monoisotopic (exact) mass is 593 g/mol. The minimum atomic E-state index is 0. The number of aliphatic hydroxyl groups excluding tert-OH is 2. The molecule has 0 unspecified atom stereocenters. The molecule has 0 aliphatic rings. The maximum atomic E-state index is 10.9. The quantitative estimate of drug-likeness (QED) is 0.187. The van der Waals surface area contributed by atoms with E-state index in [1.54, 1.807) is 0 Å². The molecule has 0 spiro atoms. The van der Waals surface area contributed by atoms with E-state index in [0.717, 1.165) is 51.5 Å². The maximum Gasteiger partial charge on any atom is 0.122 e. The van der Waals surface area contributed by atoms with Crippen LogP contribution in [-0.4, -0.2) is 66.5 Å². The van der Waals surface area contributed by atoms with Crippen molar-refractivity contribution in [3.63, 3.8) is 0 Å². The fraction of sp³-hybridized carbons (Fsp3) is 0.618. The summed E-state index contributed by atoms with van der Waals surface area (Å²) in [5.41, 5.74) is 9.23. The SMILES string of the molecule is CO.CO.Cc1c(C(C)C)cc(CN(CCN(C)C)Cc2cc(C(C)C)c(O)c(C(C)C)c2)cc1C(C)C.[CH3-].[Ti]. The third-order valence-corrected chi connectivity index (χ3v) is 6.94. The Morgan fingerprint density at radius 2 is 0.900 bits per heavy atom. The second kappa shape index (κ2) is 21.5. The Bertz CT molecular complexity index is 827. The summed E-state index contributed by atoms with van der Waals surface area (Å²) in [6, 6.07) is 9.32. The number of aliphatic hydroxyl groups is 2. The summed E-state index contributed by atoms with van der Waals surface area (Å²) in [5, 5.41) is 24.9. The van der Waals surface area contributed by atoms with Crippen molar-refractivity contribution in [3.8, 4) is 5.75 Å². The average molecular weight is 594 g/mol. The Labute approximate surface area is 262 Å². The van der Waals surface area contributed by atoms with Crippen LogP contribution < -0.4 is 0 Å². The Kier molecular flexibility index (Phi) is 23.2. The number of benzene rings is 2. The molecule has 2 rings (SSSR count). The van der Waals surface area contributed by atoms with Gasteiger partial charge in [-0.1, -0.05) is 79.7 Å². The van der Waals surface area contributed by atoms with Crippen molar-refractivity contribution in [2.45, 2.75) is 99.1 Å². The van der Waals surface area contributed by atoms with Gasteiger partial charge in [0.2, 0.25) is 0 Å². The van der Waals surface area contributed by atoms with E-state index in [0.29, 0.717) is 29.4 Å². The molecule has 230 valence electrons. The normalized spacial score (nSPS) is 10.8. The van der Waals surface area contributed by atoms with Crippen molar-refractivity contribution in [1.29, 1.82) is 0 Å². The van der Waals surface area contributed by atoms with Gasteiger partial charge in [-0.25, -0.2) is 0 Å². The van der Waals surface area contributed by atoms with Gasteiger partial charge < -0.3 is 27.6 Å². The summed E-state index contributed by atoms with van der Waals surface area (Å²) in [5.74, 6) is 2.12. The minimum Gasteiger partial charge on any atom is -0.507 e. The number of aromatic hydroxyl groups is 1. The molecule has 0 radical (unpaired) electrons. The standard InChI is InChI=1S/C31H50N2O.2CH4O.CH3.Ti/c1-20(2)27-14-25(15-28(21(3)4)24(27)9)18-33(13-12-32(10)11)19-26-16-29(22(5)6)31(34)30(17-26)23(7)8;2*1-2;;/h14-17,20-23,34H,12-13,18-19H2,1-11H3;2*2H,1H3;1H3;/q;;;-1;. The van der Waals surface area contributed by atoms with Crippen molar-refractivity contribution < 1.29 is 37.0 Å². The van der Waals surface area contributed by atoms with Gasteiger partial charge in [0.05, 0.1) is 0 Å². The smallest absolute Gasteiger partial charge is 0.122 e.